The van der Waals surface area contributed by atoms with Crippen molar-refractivity contribution < 1.29 is 14.8 Å². The summed E-state index contributed by atoms with van der Waals surface area (Å²) in [5, 5.41) is 23.8. The molecular weight excluding hydrogens is 272 g/mol. The number of aliphatic hydroxyl groups excluding tert-OH is 1. The van der Waals surface area contributed by atoms with E-state index in [1.807, 2.05) is 27.7 Å². The molecule has 1 aromatic carbocycles. The lowest BCUT2D eigenvalue weighted by Gasteiger charge is -2.20. The minimum Gasteiger partial charge on any atom is -0.484 e. The Morgan fingerprint density at radius 1 is 1.33 bits per heavy atom. The Kier molecular flexibility index (Phi) is 6.42. The average molecular weight is 296 g/mol. The number of rotatable bonds is 8. The Morgan fingerprint density at radius 3 is 2.48 bits per heavy atom. The van der Waals surface area contributed by atoms with Crippen LogP contribution in [0, 0.1) is 16.0 Å². The van der Waals surface area contributed by atoms with Crippen LogP contribution < -0.4 is 10.1 Å². The summed E-state index contributed by atoms with van der Waals surface area (Å²) in [6.45, 7) is 7.64. The van der Waals surface area contributed by atoms with E-state index in [4.69, 9.17) is 4.74 Å². The van der Waals surface area contributed by atoms with Crippen LogP contribution in [0.25, 0.3) is 0 Å². The van der Waals surface area contributed by atoms with Gasteiger partial charge in [0.05, 0.1) is 17.6 Å². The monoisotopic (exact) mass is 296 g/mol. The molecule has 1 rings (SSSR count). The lowest BCUT2D eigenvalue weighted by Crippen LogP contribution is -2.26. The molecule has 0 heterocycles. The van der Waals surface area contributed by atoms with Gasteiger partial charge < -0.3 is 15.2 Å². The van der Waals surface area contributed by atoms with Crippen molar-refractivity contribution in [1.82, 2.24) is 0 Å². The van der Waals surface area contributed by atoms with Crippen molar-refractivity contribution in [1.29, 1.82) is 0 Å². The normalized spacial score (nSPS) is 12.5. The SMILES string of the molecule is CC(C)CC(CO)Nc1cccc(OC(C)C)c1[N+](=O)[O-]. The fourth-order valence-corrected chi connectivity index (χ4v) is 2.14. The van der Waals surface area contributed by atoms with Gasteiger partial charge in [0.2, 0.25) is 0 Å². The first kappa shape index (κ1) is 17.2. The molecule has 6 heteroatoms. The van der Waals surface area contributed by atoms with Crippen molar-refractivity contribution >= 4 is 11.4 Å². The summed E-state index contributed by atoms with van der Waals surface area (Å²) in [6, 6.07) is 4.70. The predicted octanol–water partition coefficient (Wildman–Crippen LogP) is 3.20. The van der Waals surface area contributed by atoms with Crippen LogP contribution in [0.4, 0.5) is 11.4 Å². The van der Waals surface area contributed by atoms with Gasteiger partial charge in [0.1, 0.15) is 5.69 Å². The first-order valence-corrected chi connectivity index (χ1v) is 7.16. The predicted molar refractivity (Wildman–Crippen MR) is 82.8 cm³/mol. The first-order valence-electron chi connectivity index (χ1n) is 7.16. The summed E-state index contributed by atoms with van der Waals surface area (Å²) in [5.41, 5.74) is 0.284. The van der Waals surface area contributed by atoms with Gasteiger partial charge in [-0.25, -0.2) is 0 Å². The summed E-state index contributed by atoms with van der Waals surface area (Å²) in [4.78, 5) is 10.9. The highest BCUT2D eigenvalue weighted by Crippen LogP contribution is 2.36. The van der Waals surface area contributed by atoms with Crippen molar-refractivity contribution in [2.24, 2.45) is 5.92 Å². The van der Waals surface area contributed by atoms with E-state index >= 15 is 0 Å². The van der Waals surface area contributed by atoms with Crippen molar-refractivity contribution in [3.8, 4) is 5.75 Å². The highest BCUT2D eigenvalue weighted by Gasteiger charge is 2.23. The lowest BCUT2D eigenvalue weighted by molar-refractivity contribution is -0.385. The molecule has 6 nitrogen and oxygen atoms in total. The molecule has 1 unspecified atom stereocenters. The van der Waals surface area contributed by atoms with E-state index in [1.165, 1.54) is 0 Å². The molecule has 2 N–H and O–H groups in total. The number of nitro groups is 1. The summed E-state index contributed by atoms with van der Waals surface area (Å²) in [5.74, 6) is 0.616. The molecule has 0 fully saturated rings. The molecule has 0 radical (unpaired) electrons. The van der Waals surface area contributed by atoms with E-state index in [2.05, 4.69) is 5.32 Å². The third kappa shape index (κ3) is 5.23. The fraction of sp³-hybridized carbons (Fsp3) is 0.600. The molecule has 0 amide bonds. The maximum Gasteiger partial charge on any atom is 0.333 e. The molecule has 118 valence electrons. The van der Waals surface area contributed by atoms with E-state index in [0.29, 0.717) is 11.6 Å². The van der Waals surface area contributed by atoms with E-state index in [1.54, 1.807) is 18.2 Å². The summed E-state index contributed by atoms with van der Waals surface area (Å²) < 4.78 is 5.50. The van der Waals surface area contributed by atoms with E-state index in [-0.39, 0.29) is 30.2 Å². The minimum atomic E-state index is -0.455. The number of nitrogens with one attached hydrogen (secondary N) is 1. The molecule has 0 aliphatic carbocycles. The topological polar surface area (TPSA) is 84.6 Å². The Labute approximate surface area is 125 Å². The number of aliphatic hydroxyl groups is 1. The maximum absolute atomic E-state index is 11.3. The zero-order chi connectivity index (χ0) is 16.0. The van der Waals surface area contributed by atoms with Gasteiger partial charge in [0, 0.05) is 6.04 Å². The van der Waals surface area contributed by atoms with Crippen LogP contribution in [-0.4, -0.2) is 28.8 Å². The third-order valence-corrected chi connectivity index (χ3v) is 2.88. The second-order valence-corrected chi connectivity index (χ2v) is 5.73. The maximum atomic E-state index is 11.3. The van der Waals surface area contributed by atoms with Gasteiger partial charge in [-0.3, -0.25) is 10.1 Å². The number of anilines is 1. The van der Waals surface area contributed by atoms with Crippen LogP contribution in [0.15, 0.2) is 18.2 Å². The summed E-state index contributed by atoms with van der Waals surface area (Å²) in [7, 11) is 0. The average Bonchev–Trinajstić information content (AvgIpc) is 2.36. The van der Waals surface area contributed by atoms with E-state index < -0.39 is 4.92 Å². The van der Waals surface area contributed by atoms with E-state index in [9.17, 15) is 15.2 Å². The molecule has 0 aliphatic rings. The van der Waals surface area contributed by atoms with Gasteiger partial charge in [-0.1, -0.05) is 19.9 Å². The molecule has 0 aliphatic heterocycles. The van der Waals surface area contributed by atoms with Crippen molar-refractivity contribution in [2.45, 2.75) is 46.3 Å². The number of ether oxygens (including phenoxy) is 1. The molecule has 1 aromatic rings. The zero-order valence-corrected chi connectivity index (χ0v) is 13.0. The second kappa shape index (κ2) is 7.83. The number of nitrogens with zero attached hydrogens (tertiary/aromatic N) is 1. The Hall–Kier alpha value is -1.82. The van der Waals surface area contributed by atoms with Crippen molar-refractivity contribution in [3.63, 3.8) is 0 Å². The number of benzene rings is 1. The second-order valence-electron chi connectivity index (χ2n) is 5.73. The summed E-state index contributed by atoms with van der Waals surface area (Å²) in [6.07, 6.45) is 0.575. The standard InChI is InChI=1S/C15H24N2O4/c1-10(2)8-12(9-18)16-13-6-5-7-14(21-11(3)4)15(13)17(19)20/h5-7,10-12,16,18H,8-9H2,1-4H3. The summed E-state index contributed by atoms with van der Waals surface area (Å²) >= 11 is 0. The number of para-hydroxylation sites is 1. The molecule has 0 saturated carbocycles. The van der Waals surface area contributed by atoms with Gasteiger partial charge in [0.25, 0.3) is 0 Å². The molecule has 0 spiro atoms. The van der Waals surface area contributed by atoms with Crippen LogP contribution in [0.2, 0.25) is 0 Å². The van der Waals surface area contributed by atoms with Gasteiger partial charge in [-0.05, 0) is 38.3 Å². The minimum absolute atomic E-state index is 0.0788. The van der Waals surface area contributed by atoms with Crippen LogP contribution in [-0.2, 0) is 0 Å². The fourth-order valence-electron chi connectivity index (χ4n) is 2.14. The Balaban J connectivity index is 3.07. The molecule has 1 atom stereocenters. The molecule has 0 aromatic heterocycles. The van der Waals surface area contributed by atoms with Gasteiger partial charge >= 0.3 is 5.69 Å². The molecular formula is C15H24N2O4. The van der Waals surface area contributed by atoms with Crippen molar-refractivity contribution in [2.75, 3.05) is 11.9 Å². The highest BCUT2D eigenvalue weighted by atomic mass is 16.6. The number of hydrogen-bond donors (Lipinski definition) is 2. The molecule has 0 saturated heterocycles. The van der Waals surface area contributed by atoms with Crippen LogP contribution in [0.3, 0.4) is 0 Å². The van der Waals surface area contributed by atoms with Gasteiger partial charge in [-0.15, -0.1) is 0 Å². The third-order valence-electron chi connectivity index (χ3n) is 2.88. The largest absolute Gasteiger partial charge is 0.484 e. The molecule has 21 heavy (non-hydrogen) atoms. The van der Waals surface area contributed by atoms with Crippen LogP contribution >= 0.6 is 0 Å². The Bertz CT molecular complexity index is 475. The van der Waals surface area contributed by atoms with Crippen LogP contribution in [0.1, 0.15) is 34.1 Å². The van der Waals surface area contributed by atoms with Gasteiger partial charge in [0.15, 0.2) is 5.75 Å². The highest BCUT2D eigenvalue weighted by molar-refractivity contribution is 5.68. The molecule has 0 bridgehead atoms. The lowest BCUT2D eigenvalue weighted by atomic mass is 10.0. The first-order chi connectivity index (χ1) is 9.85. The quantitative estimate of drug-likeness (QED) is 0.568. The Morgan fingerprint density at radius 2 is 2.00 bits per heavy atom. The number of nitro benzene ring substituents is 1. The zero-order valence-electron chi connectivity index (χ0n) is 13.0. The van der Waals surface area contributed by atoms with Gasteiger partial charge in [-0.2, -0.15) is 0 Å². The number of hydrogen-bond acceptors (Lipinski definition) is 5. The van der Waals surface area contributed by atoms with Crippen molar-refractivity contribution in [3.05, 3.63) is 28.3 Å². The van der Waals surface area contributed by atoms with Crippen LogP contribution in [0.5, 0.6) is 5.75 Å². The smallest absolute Gasteiger partial charge is 0.333 e. The van der Waals surface area contributed by atoms with E-state index in [0.717, 1.165) is 6.42 Å².